The van der Waals surface area contributed by atoms with Crippen LogP contribution in [-0.4, -0.2) is 71.3 Å². The highest BCUT2D eigenvalue weighted by Gasteiger charge is 2.33. The Morgan fingerprint density at radius 2 is 1.48 bits per heavy atom. The molecule has 218 valence electrons. The average molecular weight is 572 g/mol. The van der Waals surface area contributed by atoms with Crippen LogP contribution in [0.25, 0.3) is 11.1 Å². The number of benzene rings is 3. The van der Waals surface area contributed by atoms with Crippen LogP contribution in [0.1, 0.15) is 32.1 Å². The molecule has 0 bridgehead atoms. The average Bonchev–Trinajstić information content (AvgIpc) is 3.36. The number of ether oxygens (including phenoxy) is 2. The van der Waals surface area contributed by atoms with Crippen molar-refractivity contribution in [2.24, 2.45) is 0 Å². The molecule has 1 aliphatic rings. The van der Waals surface area contributed by atoms with E-state index in [2.05, 4.69) is 5.32 Å². The van der Waals surface area contributed by atoms with Gasteiger partial charge in [0.1, 0.15) is 22.7 Å². The van der Waals surface area contributed by atoms with Gasteiger partial charge in [0, 0.05) is 28.1 Å². The SMILES string of the molecule is COc1ccccc1-c1ccc(C(=O)N2Cc3ccc(C(=O)NC(CO)(CO)CO)n3Cc3ccccc32)cc1OC. The number of rotatable bonds is 9. The maximum absolute atomic E-state index is 14.1. The number of hydrogen-bond acceptors (Lipinski definition) is 7. The number of methoxy groups -OCH3 is 2. The number of aliphatic hydroxyl groups excluding tert-OH is 3. The zero-order valence-electron chi connectivity index (χ0n) is 23.4. The van der Waals surface area contributed by atoms with Gasteiger partial charge in [-0.25, -0.2) is 0 Å². The Balaban J connectivity index is 1.51. The molecule has 10 heteroatoms. The van der Waals surface area contributed by atoms with E-state index in [1.54, 1.807) is 48.0 Å². The smallest absolute Gasteiger partial charge is 0.268 e. The summed E-state index contributed by atoms with van der Waals surface area (Å²) in [6, 6.07) is 23.8. The number of nitrogens with one attached hydrogen (secondary N) is 1. The summed E-state index contributed by atoms with van der Waals surface area (Å²) in [6.45, 7) is -1.41. The lowest BCUT2D eigenvalue weighted by Gasteiger charge is -2.28. The van der Waals surface area contributed by atoms with E-state index in [0.717, 1.165) is 16.7 Å². The molecule has 0 spiro atoms. The molecule has 0 saturated carbocycles. The maximum atomic E-state index is 14.1. The molecule has 0 atom stereocenters. The molecule has 0 saturated heterocycles. The van der Waals surface area contributed by atoms with Gasteiger partial charge in [-0.3, -0.25) is 9.59 Å². The number of aromatic nitrogens is 1. The van der Waals surface area contributed by atoms with Gasteiger partial charge in [-0.2, -0.15) is 0 Å². The van der Waals surface area contributed by atoms with Crippen molar-refractivity contribution in [2.75, 3.05) is 38.9 Å². The first-order valence-electron chi connectivity index (χ1n) is 13.4. The minimum absolute atomic E-state index is 0.185. The molecule has 1 aromatic heterocycles. The first kappa shape index (κ1) is 28.9. The van der Waals surface area contributed by atoms with Crippen molar-refractivity contribution >= 4 is 17.5 Å². The fraction of sp³-hybridized carbons (Fsp3) is 0.250. The van der Waals surface area contributed by atoms with Crippen LogP contribution >= 0.6 is 0 Å². The Hall–Kier alpha value is -4.64. The highest BCUT2D eigenvalue weighted by Crippen LogP contribution is 2.38. The van der Waals surface area contributed by atoms with Gasteiger partial charge >= 0.3 is 0 Å². The number of nitrogens with zero attached hydrogens (tertiary/aromatic N) is 2. The third kappa shape index (κ3) is 5.23. The zero-order valence-corrected chi connectivity index (χ0v) is 23.4. The van der Waals surface area contributed by atoms with Crippen LogP contribution in [0.15, 0.2) is 78.9 Å². The quantitative estimate of drug-likeness (QED) is 0.243. The molecular weight excluding hydrogens is 538 g/mol. The zero-order chi connectivity index (χ0) is 29.9. The third-order valence-corrected chi connectivity index (χ3v) is 7.61. The summed E-state index contributed by atoms with van der Waals surface area (Å²) in [5.74, 6) is 0.405. The Bertz CT molecular complexity index is 1600. The summed E-state index contributed by atoms with van der Waals surface area (Å²) in [7, 11) is 3.16. The van der Waals surface area contributed by atoms with E-state index in [1.807, 2.05) is 54.6 Å². The lowest BCUT2D eigenvalue weighted by atomic mass is 10.0. The molecule has 0 fully saturated rings. The highest BCUT2D eigenvalue weighted by atomic mass is 16.5. The highest BCUT2D eigenvalue weighted by molar-refractivity contribution is 6.07. The molecule has 10 nitrogen and oxygen atoms in total. The van der Waals surface area contributed by atoms with E-state index in [1.165, 1.54) is 0 Å². The van der Waals surface area contributed by atoms with Crippen molar-refractivity contribution < 1.29 is 34.4 Å². The number of carbonyl (C=O) groups is 2. The Kier molecular flexibility index (Phi) is 8.30. The molecule has 1 aliphatic heterocycles. The second kappa shape index (κ2) is 12.1. The van der Waals surface area contributed by atoms with Crippen LogP contribution in [0.2, 0.25) is 0 Å². The summed E-state index contributed by atoms with van der Waals surface area (Å²) in [6.07, 6.45) is 0. The van der Waals surface area contributed by atoms with Gasteiger partial charge in [0.15, 0.2) is 0 Å². The van der Waals surface area contributed by atoms with Crippen LogP contribution in [0.3, 0.4) is 0 Å². The van der Waals surface area contributed by atoms with Gasteiger partial charge < -0.3 is 39.6 Å². The molecule has 2 heterocycles. The topological polar surface area (TPSA) is 133 Å². The van der Waals surface area contributed by atoms with Crippen molar-refractivity contribution in [1.82, 2.24) is 9.88 Å². The fourth-order valence-corrected chi connectivity index (χ4v) is 5.18. The van der Waals surface area contributed by atoms with E-state index in [9.17, 15) is 24.9 Å². The lowest BCUT2D eigenvalue weighted by Crippen LogP contribution is -2.57. The van der Waals surface area contributed by atoms with E-state index in [0.29, 0.717) is 35.0 Å². The number of amides is 2. The molecule has 4 aromatic rings. The summed E-state index contributed by atoms with van der Waals surface area (Å²) in [4.78, 5) is 29.0. The van der Waals surface area contributed by atoms with Crippen molar-refractivity contribution in [1.29, 1.82) is 0 Å². The number of para-hydroxylation sites is 2. The van der Waals surface area contributed by atoms with Crippen LogP contribution < -0.4 is 19.7 Å². The van der Waals surface area contributed by atoms with Gasteiger partial charge in [-0.05, 0) is 48.0 Å². The van der Waals surface area contributed by atoms with Crippen LogP contribution in [0.4, 0.5) is 5.69 Å². The van der Waals surface area contributed by atoms with Crippen LogP contribution in [0, 0.1) is 0 Å². The summed E-state index contributed by atoms with van der Waals surface area (Å²) >= 11 is 0. The minimum atomic E-state index is -1.57. The predicted octanol–water partition coefficient (Wildman–Crippen LogP) is 2.83. The summed E-state index contributed by atoms with van der Waals surface area (Å²) < 4.78 is 13.0. The standard InChI is InChI=1S/C32H33N3O7/c1-41-28-10-6-4-8-24(28)25-13-11-21(15-29(25)42-2)31(40)35-17-23-12-14-27(30(39)33-32(18-36,19-37)20-38)34(23)16-22-7-3-5-9-26(22)35/h3-15,36-38H,16-20H2,1-2H3,(H,33,39). The number of fused-ring (bicyclic) bond motifs is 2. The molecule has 42 heavy (non-hydrogen) atoms. The summed E-state index contributed by atoms with van der Waals surface area (Å²) in [5, 5.41) is 31.6. The second-order valence-electron chi connectivity index (χ2n) is 10.1. The van der Waals surface area contributed by atoms with E-state index >= 15 is 0 Å². The van der Waals surface area contributed by atoms with E-state index < -0.39 is 31.3 Å². The van der Waals surface area contributed by atoms with Gasteiger partial charge in [0.2, 0.25) is 0 Å². The Morgan fingerprint density at radius 3 is 2.19 bits per heavy atom. The van der Waals surface area contributed by atoms with Crippen LogP contribution in [-0.2, 0) is 13.1 Å². The molecular formula is C32H33N3O7. The first-order chi connectivity index (χ1) is 20.4. The molecule has 5 rings (SSSR count). The van der Waals surface area contributed by atoms with Crippen molar-refractivity contribution in [3.8, 4) is 22.6 Å². The number of anilines is 1. The molecule has 4 N–H and O–H groups in total. The largest absolute Gasteiger partial charge is 0.496 e. The van der Waals surface area contributed by atoms with Crippen molar-refractivity contribution in [2.45, 2.75) is 18.6 Å². The van der Waals surface area contributed by atoms with Crippen molar-refractivity contribution in [3.63, 3.8) is 0 Å². The van der Waals surface area contributed by atoms with Crippen LogP contribution in [0.5, 0.6) is 11.5 Å². The minimum Gasteiger partial charge on any atom is -0.496 e. The lowest BCUT2D eigenvalue weighted by molar-refractivity contribution is 0.0371. The number of aliphatic hydroxyl groups is 3. The number of hydrogen-bond donors (Lipinski definition) is 4. The van der Waals surface area contributed by atoms with Gasteiger partial charge in [0.05, 0.1) is 47.1 Å². The normalized spacial score (nSPS) is 12.6. The molecule has 0 aliphatic carbocycles. The van der Waals surface area contributed by atoms with E-state index in [4.69, 9.17) is 9.47 Å². The van der Waals surface area contributed by atoms with Crippen molar-refractivity contribution in [3.05, 3.63) is 101 Å². The molecule has 0 unspecified atom stereocenters. The second-order valence-corrected chi connectivity index (χ2v) is 10.1. The number of carbonyl (C=O) groups excluding carboxylic acids is 2. The van der Waals surface area contributed by atoms with Gasteiger partial charge in [-0.1, -0.05) is 36.4 Å². The molecule has 2 amide bonds. The Morgan fingerprint density at radius 1 is 0.810 bits per heavy atom. The third-order valence-electron chi connectivity index (χ3n) is 7.61. The monoisotopic (exact) mass is 571 g/mol. The van der Waals surface area contributed by atoms with E-state index in [-0.39, 0.29) is 18.1 Å². The first-order valence-corrected chi connectivity index (χ1v) is 13.4. The molecule has 3 aromatic carbocycles. The predicted molar refractivity (Wildman–Crippen MR) is 157 cm³/mol. The molecule has 0 radical (unpaired) electrons. The fourth-order valence-electron chi connectivity index (χ4n) is 5.18. The maximum Gasteiger partial charge on any atom is 0.268 e. The van der Waals surface area contributed by atoms with Gasteiger partial charge in [0.25, 0.3) is 11.8 Å². The Labute approximate surface area is 243 Å². The summed E-state index contributed by atoms with van der Waals surface area (Å²) in [5.41, 5.74) is 3.01. The van der Waals surface area contributed by atoms with Gasteiger partial charge in [-0.15, -0.1) is 0 Å².